The quantitative estimate of drug-likeness (QED) is 0.667. The Hall–Kier alpha value is -1.97. The number of rotatable bonds is 4. The minimum absolute atomic E-state index is 0.109. The molecule has 2 amide bonds. The highest BCUT2D eigenvalue weighted by atomic mass is 35.5. The van der Waals surface area contributed by atoms with E-state index in [1.807, 2.05) is 19.2 Å². The first-order valence-electron chi connectivity index (χ1n) is 9.83. The lowest BCUT2D eigenvalue weighted by molar-refractivity contribution is -0.122. The third kappa shape index (κ3) is 4.38. The van der Waals surface area contributed by atoms with Crippen molar-refractivity contribution in [1.82, 2.24) is 10.2 Å². The Kier molecular flexibility index (Phi) is 6.13. The second-order valence-corrected chi connectivity index (χ2v) is 9.55. The summed E-state index contributed by atoms with van der Waals surface area (Å²) in [5.74, 6) is -0.664. The predicted octanol–water partition coefficient (Wildman–Crippen LogP) is 2.45. The molecule has 0 saturated carbocycles. The number of aliphatic hydroxyl groups is 1. The third-order valence-electron chi connectivity index (χ3n) is 5.61. The first-order valence-corrected chi connectivity index (χ1v) is 11.0. The Bertz CT molecular complexity index is 957. The van der Waals surface area contributed by atoms with Crippen molar-refractivity contribution in [2.75, 3.05) is 38.7 Å². The van der Waals surface area contributed by atoms with Crippen molar-refractivity contribution < 1.29 is 19.4 Å². The summed E-state index contributed by atoms with van der Waals surface area (Å²) in [7, 11) is 1.98. The molecule has 0 radical (unpaired) electrons. The number of anilines is 1. The summed E-state index contributed by atoms with van der Waals surface area (Å²) in [6, 6.07) is 8.84. The van der Waals surface area contributed by atoms with Gasteiger partial charge < -0.3 is 25.4 Å². The van der Waals surface area contributed by atoms with Gasteiger partial charge in [0.15, 0.2) is 0 Å². The van der Waals surface area contributed by atoms with E-state index in [1.54, 1.807) is 18.2 Å². The number of nitrogens with zero attached hydrogens (tertiary/aromatic N) is 1. The van der Waals surface area contributed by atoms with Gasteiger partial charge in [-0.2, -0.15) is 0 Å². The molecule has 160 valence electrons. The lowest BCUT2D eigenvalue weighted by Gasteiger charge is -2.27. The molecule has 0 bridgehead atoms. The number of amides is 2. The van der Waals surface area contributed by atoms with Crippen LogP contribution in [0.2, 0.25) is 4.34 Å². The Morgan fingerprint density at radius 1 is 1.33 bits per heavy atom. The van der Waals surface area contributed by atoms with Crippen LogP contribution in [0.1, 0.15) is 33.3 Å². The fourth-order valence-electron chi connectivity index (χ4n) is 3.89. The van der Waals surface area contributed by atoms with Gasteiger partial charge in [0.2, 0.25) is 0 Å². The van der Waals surface area contributed by atoms with Gasteiger partial charge in [-0.1, -0.05) is 17.7 Å². The zero-order valence-electron chi connectivity index (χ0n) is 16.6. The lowest BCUT2D eigenvalue weighted by Crippen LogP contribution is -2.57. The molecule has 0 spiro atoms. The van der Waals surface area contributed by atoms with Crippen LogP contribution in [0, 0.1) is 0 Å². The van der Waals surface area contributed by atoms with Gasteiger partial charge in [0.05, 0.1) is 21.9 Å². The zero-order valence-corrected chi connectivity index (χ0v) is 18.2. The van der Waals surface area contributed by atoms with Crippen molar-refractivity contribution in [3.05, 3.63) is 50.7 Å². The summed E-state index contributed by atoms with van der Waals surface area (Å²) in [5, 5.41) is 16.2. The first kappa shape index (κ1) is 21.3. The maximum absolute atomic E-state index is 13.2. The number of β-amino-alcohol motifs (C(OH)–C–C–N with tert-alkyl or cyclic N) is 1. The summed E-state index contributed by atoms with van der Waals surface area (Å²) >= 11 is 7.09. The molecular formula is C21H24ClN3O4S. The van der Waals surface area contributed by atoms with E-state index >= 15 is 0 Å². The maximum Gasteiger partial charge on any atom is 0.262 e. The number of ether oxygens (including phenoxy) is 1. The number of benzene rings is 1. The molecule has 1 aromatic carbocycles. The SMILES string of the molecule is CN1CCc2cc(NC(=O)C3(NC(=O)c4ccc(Cl)s4)CCOC3)ccc2C(O)C1. The molecule has 3 N–H and O–H groups in total. The van der Waals surface area contributed by atoms with Gasteiger partial charge in [-0.3, -0.25) is 9.59 Å². The number of thiophene rings is 1. The standard InChI is InChI=1S/C21H24ClN3O4S/c1-25-8-6-13-10-14(2-3-15(13)16(26)11-25)23-20(28)21(7-9-29-12-21)24-19(27)17-4-5-18(22)30-17/h2-5,10,16,26H,6-9,11-12H2,1H3,(H,23,28)(H,24,27). The normalized spacial score (nSPS) is 24.2. The van der Waals surface area contributed by atoms with Crippen molar-refractivity contribution in [2.24, 2.45) is 0 Å². The molecule has 1 saturated heterocycles. The molecule has 2 aliphatic heterocycles. The molecule has 2 unspecified atom stereocenters. The predicted molar refractivity (Wildman–Crippen MR) is 116 cm³/mol. The van der Waals surface area contributed by atoms with E-state index in [0.717, 1.165) is 35.4 Å². The molecule has 2 aromatic rings. The molecule has 9 heteroatoms. The Balaban J connectivity index is 1.52. The van der Waals surface area contributed by atoms with Crippen molar-refractivity contribution in [3.8, 4) is 0 Å². The summed E-state index contributed by atoms with van der Waals surface area (Å²) in [5.41, 5.74) is 1.40. The zero-order chi connectivity index (χ0) is 21.3. The van der Waals surface area contributed by atoms with Crippen molar-refractivity contribution >= 4 is 40.4 Å². The molecule has 1 aromatic heterocycles. The van der Waals surface area contributed by atoms with Crippen LogP contribution >= 0.6 is 22.9 Å². The molecule has 0 aliphatic carbocycles. The number of hydrogen-bond acceptors (Lipinski definition) is 6. The smallest absolute Gasteiger partial charge is 0.262 e. The Labute approximate surface area is 184 Å². The van der Waals surface area contributed by atoms with E-state index in [-0.39, 0.29) is 18.4 Å². The van der Waals surface area contributed by atoms with Crippen molar-refractivity contribution in [3.63, 3.8) is 0 Å². The Morgan fingerprint density at radius 2 is 2.17 bits per heavy atom. The number of hydrogen-bond donors (Lipinski definition) is 3. The van der Waals surface area contributed by atoms with Crippen LogP contribution in [0.5, 0.6) is 0 Å². The van der Waals surface area contributed by atoms with Gasteiger partial charge in [0, 0.05) is 31.8 Å². The molecule has 2 aliphatic rings. The molecule has 7 nitrogen and oxygen atoms in total. The van der Waals surface area contributed by atoms with Gasteiger partial charge >= 0.3 is 0 Å². The van der Waals surface area contributed by atoms with E-state index in [4.69, 9.17) is 16.3 Å². The van der Waals surface area contributed by atoms with Crippen LogP contribution in [0.15, 0.2) is 30.3 Å². The number of carbonyl (C=O) groups excluding carboxylic acids is 2. The van der Waals surface area contributed by atoms with Gasteiger partial charge in [0.1, 0.15) is 5.54 Å². The molecule has 1 fully saturated rings. The van der Waals surface area contributed by atoms with Crippen LogP contribution in [0.3, 0.4) is 0 Å². The van der Waals surface area contributed by atoms with Crippen LogP contribution < -0.4 is 10.6 Å². The number of fused-ring (bicyclic) bond motifs is 1. The highest BCUT2D eigenvalue weighted by Gasteiger charge is 2.44. The molecular weight excluding hydrogens is 426 g/mol. The fraction of sp³-hybridized carbons (Fsp3) is 0.429. The second kappa shape index (κ2) is 8.64. The molecule has 3 heterocycles. The summed E-state index contributed by atoms with van der Waals surface area (Å²) in [6.45, 7) is 1.91. The summed E-state index contributed by atoms with van der Waals surface area (Å²) in [6.07, 6.45) is 0.623. The summed E-state index contributed by atoms with van der Waals surface area (Å²) in [4.78, 5) is 28.4. The number of nitrogens with one attached hydrogen (secondary N) is 2. The van der Waals surface area contributed by atoms with Crippen LogP contribution in [-0.4, -0.2) is 60.7 Å². The number of halogens is 1. The largest absolute Gasteiger partial charge is 0.387 e. The van der Waals surface area contributed by atoms with E-state index in [2.05, 4.69) is 15.5 Å². The minimum Gasteiger partial charge on any atom is -0.387 e. The van der Waals surface area contributed by atoms with E-state index < -0.39 is 11.6 Å². The van der Waals surface area contributed by atoms with E-state index in [0.29, 0.717) is 34.5 Å². The van der Waals surface area contributed by atoms with Crippen LogP contribution in [0.4, 0.5) is 5.69 Å². The molecule has 30 heavy (non-hydrogen) atoms. The average molecular weight is 450 g/mol. The topological polar surface area (TPSA) is 90.9 Å². The fourth-order valence-corrected chi connectivity index (χ4v) is 4.82. The number of aliphatic hydroxyl groups excluding tert-OH is 1. The van der Waals surface area contributed by atoms with E-state index in [1.165, 1.54) is 0 Å². The minimum atomic E-state index is -1.14. The average Bonchev–Trinajstić information content (AvgIpc) is 3.33. The van der Waals surface area contributed by atoms with Crippen molar-refractivity contribution in [1.29, 1.82) is 0 Å². The van der Waals surface area contributed by atoms with Crippen LogP contribution in [-0.2, 0) is 16.0 Å². The molecule has 2 atom stereocenters. The van der Waals surface area contributed by atoms with Crippen LogP contribution in [0.25, 0.3) is 0 Å². The highest BCUT2D eigenvalue weighted by Crippen LogP contribution is 2.28. The van der Waals surface area contributed by atoms with Gasteiger partial charge in [0.25, 0.3) is 11.8 Å². The highest BCUT2D eigenvalue weighted by molar-refractivity contribution is 7.18. The second-order valence-electron chi connectivity index (χ2n) is 7.84. The molecule has 4 rings (SSSR count). The summed E-state index contributed by atoms with van der Waals surface area (Å²) < 4.78 is 5.97. The van der Waals surface area contributed by atoms with Crippen molar-refractivity contribution in [2.45, 2.75) is 24.5 Å². The maximum atomic E-state index is 13.2. The number of carbonyl (C=O) groups is 2. The monoisotopic (exact) mass is 449 g/mol. The third-order valence-corrected chi connectivity index (χ3v) is 6.84. The first-order chi connectivity index (χ1) is 14.4. The van der Waals surface area contributed by atoms with Gasteiger partial charge in [-0.15, -0.1) is 11.3 Å². The lowest BCUT2D eigenvalue weighted by atomic mass is 9.96. The Morgan fingerprint density at radius 3 is 2.87 bits per heavy atom. The number of likely N-dealkylation sites (N-methyl/N-ethyl adjacent to an activating group) is 1. The van der Waals surface area contributed by atoms with Gasteiger partial charge in [-0.05, 0) is 48.9 Å². The van der Waals surface area contributed by atoms with E-state index in [9.17, 15) is 14.7 Å². The van der Waals surface area contributed by atoms with Gasteiger partial charge in [-0.25, -0.2) is 0 Å².